The Kier molecular flexibility index (Phi) is 3.07. The predicted octanol–water partition coefficient (Wildman–Crippen LogP) is 4.08. The van der Waals surface area contributed by atoms with Gasteiger partial charge in [-0.25, -0.2) is 0 Å². The summed E-state index contributed by atoms with van der Waals surface area (Å²) in [6.45, 7) is 7.90. The molecule has 3 rings (SSSR count). The van der Waals surface area contributed by atoms with Gasteiger partial charge in [-0.15, -0.1) is 0 Å². The third kappa shape index (κ3) is 2.50. The van der Waals surface area contributed by atoms with Crippen LogP contribution in [0.25, 0.3) is 0 Å². The van der Waals surface area contributed by atoms with Gasteiger partial charge in [0.2, 0.25) is 0 Å². The first-order chi connectivity index (χ1) is 8.94. The summed E-state index contributed by atoms with van der Waals surface area (Å²) in [4.78, 5) is 12.2. The molecule has 2 heteroatoms. The second-order valence-corrected chi connectivity index (χ2v) is 7.55. The summed E-state index contributed by atoms with van der Waals surface area (Å²) in [5, 5.41) is 0. The predicted molar refractivity (Wildman–Crippen MR) is 77.4 cm³/mol. The van der Waals surface area contributed by atoms with E-state index in [1.54, 1.807) is 0 Å². The quantitative estimate of drug-likeness (QED) is 0.784. The smallest absolute Gasteiger partial charge is 0.165 e. The van der Waals surface area contributed by atoms with Gasteiger partial charge in [0.25, 0.3) is 0 Å². The lowest BCUT2D eigenvalue weighted by Crippen LogP contribution is -2.28. The fourth-order valence-electron chi connectivity index (χ4n) is 3.94. The maximum atomic E-state index is 12.2. The van der Waals surface area contributed by atoms with Crippen molar-refractivity contribution in [2.45, 2.75) is 59.4 Å². The maximum Gasteiger partial charge on any atom is 0.165 e. The van der Waals surface area contributed by atoms with E-state index in [0.29, 0.717) is 12.2 Å². The van der Waals surface area contributed by atoms with Crippen molar-refractivity contribution < 1.29 is 4.79 Å². The van der Waals surface area contributed by atoms with Crippen LogP contribution in [0.3, 0.4) is 0 Å². The summed E-state index contributed by atoms with van der Waals surface area (Å²) in [5.74, 6) is 2.03. The Hall–Kier alpha value is -1.05. The standard InChI is InChI=1S/C17H25NO/c1-12-4-5-13(8-12)11-18-7-6-14-15(18)9-17(2,3)10-16(14)19/h6-7,12-13H,4-5,8-11H2,1-3H3. The molecule has 2 nitrogen and oxygen atoms in total. The van der Waals surface area contributed by atoms with E-state index in [1.165, 1.54) is 25.0 Å². The first kappa shape index (κ1) is 13.0. The van der Waals surface area contributed by atoms with E-state index < -0.39 is 0 Å². The van der Waals surface area contributed by atoms with Crippen molar-refractivity contribution in [2.24, 2.45) is 17.3 Å². The summed E-state index contributed by atoms with van der Waals surface area (Å²) in [6, 6.07) is 2.05. The molecule has 0 amide bonds. The zero-order valence-electron chi connectivity index (χ0n) is 12.4. The fraction of sp³-hybridized carbons (Fsp3) is 0.706. The van der Waals surface area contributed by atoms with E-state index in [9.17, 15) is 4.79 Å². The molecule has 0 spiro atoms. The average molecular weight is 259 g/mol. The van der Waals surface area contributed by atoms with Gasteiger partial charge in [-0.3, -0.25) is 4.79 Å². The summed E-state index contributed by atoms with van der Waals surface area (Å²) in [7, 11) is 0. The highest BCUT2D eigenvalue weighted by molar-refractivity contribution is 5.98. The molecule has 104 valence electrons. The zero-order valence-corrected chi connectivity index (χ0v) is 12.4. The van der Waals surface area contributed by atoms with Gasteiger partial charge in [-0.1, -0.05) is 27.2 Å². The molecule has 2 unspecified atom stereocenters. The average Bonchev–Trinajstić information content (AvgIpc) is 2.86. The van der Waals surface area contributed by atoms with Crippen LogP contribution in [0.5, 0.6) is 0 Å². The topological polar surface area (TPSA) is 22.0 Å². The van der Waals surface area contributed by atoms with Gasteiger partial charge in [0.15, 0.2) is 5.78 Å². The first-order valence-corrected chi connectivity index (χ1v) is 7.66. The normalized spacial score (nSPS) is 29.5. The minimum absolute atomic E-state index is 0.128. The van der Waals surface area contributed by atoms with Gasteiger partial charge < -0.3 is 4.57 Å². The molecule has 1 heterocycles. The summed E-state index contributed by atoms with van der Waals surface area (Å²) in [5.41, 5.74) is 2.41. The van der Waals surface area contributed by atoms with Crippen LogP contribution in [0.15, 0.2) is 12.3 Å². The van der Waals surface area contributed by atoms with E-state index in [1.807, 2.05) is 6.07 Å². The molecule has 2 atom stereocenters. The van der Waals surface area contributed by atoms with Gasteiger partial charge in [0.1, 0.15) is 0 Å². The molecule has 1 aromatic rings. The number of Topliss-reactive ketones (excluding diaryl/α,β-unsaturated/α-hetero) is 1. The number of hydrogen-bond donors (Lipinski definition) is 0. The summed E-state index contributed by atoms with van der Waals surface area (Å²) >= 11 is 0. The van der Waals surface area contributed by atoms with Crippen LogP contribution in [0.1, 0.15) is 62.5 Å². The van der Waals surface area contributed by atoms with Crippen molar-refractivity contribution in [2.75, 3.05) is 0 Å². The number of aromatic nitrogens is 1. The van der Waals surface area contributed by atoms with Crippen molar-refractivity contribution >= 4 is 5.78 Å². The van der Waals surface area contributed by atoms with Gasteiger partial charge in [0.05, 0.1) is 0 Å². The molecular weight excluding hydrogens is 234 g/mol. The van der Waals surface area contributed by atoms with Gasteiger partial charge in [0, 0.05) is 30.4 Å². The van der Waals surface area contributed by atoms with Crippen LogP contribution in [0, 0.1) is 17.3 Å². The number of fused-ring (bicyclic) bond motifs is 1. The monoisotopic (exact) mass is 259 g/mol. The summed E-state index contributed by atoms with van der Waals surface area (Å²) < 4.78 is 2.37. The minimum atomic E-state index is 0.128. The highest BCUT2D eigenvalue weighted by Gasteiger charge is 2.33. The Morgan fingerprint density at radius 3 is 2.79 bits per heavy atom. The molecule has 2 aliphatic carbocycles. The number of rotatable bonds is 2. The summed E-state index contributed by atoms with van der Waals surface area (Å²) in [6.07, 6.45) is 7.97. The Morgan fingerprint density at radius 2 is 2.11 bits per heavy atom. The Balaban J connectivity index is 1.83. The Labute approximate surface area is 116 Å². The maximum absolute atomic E-state index is 12.2. The van der Waals surface area contributed by atoms with E-state index in [0.717, 1.165) is 30.4 Å². The van der Waals surface area contributed by atoms with Gasteiger partial charge in [-0.05, 0) is 42.6 Å². The van der Waals surface area contributed by atoms with Crippen molar-refractivity contribution in [1.82, 2.24) is 4.57 Å². The lowest BCUT2D eigenvalue weighted by atomic mass is 9.76. The third-order valence-corrected chi connectivity index (χ3v) is 4.92. The molecule has 19 heavy (non-hydrogen) atoms. The molecule has 0 aliphatic heterocycles. The van der Waals surface area contributed by atoms with E-state index >= 15 is 0 Å². The number of carbonyl (C=O) groups excluding carboxylic acids is 1. The lowest BCUT2D eigenvalue weighted by molar-refractivity contribution is 0.0909. The van der Waals surface area contributed by atoms with E-state index in [2.05, 4.69) is 31.5 Å². The van der Waals surface area contributed by atoms with Gasteiger partial charge in [-0.2, -0.15) is 0 Å². The van der Waals surface area contributed by atoms with Crippen molar-refractivity contribution in [3.8, 4) is 0 Å². The molecule has 2 aliphatic rings. The molecule has 0 N–H and O–H groups in total. The lowest BCUT2D eigenvalue weighted by Gasteiger charge is -2.30. The van der Waals surface area contributed by atoms with Crippen LogP contribution in [-0.4, -0.2) is 10.4 Å². The highest BCUT2D eigenvalue weighted by Crippen LogP contribution is 2.37. The van der Waals surface area contributed by atoms with E-state index in [4.69, 9.17) is 0 Å². The fourth-order valence-corrected chi connectivity index (χ4v) is 3.94. The zero-order chi connectivity index (χ0) is 13.6. The number of nitrogens with zero attached hydrogens (tertiary/aromatic N) is 1. The second-order valence-electron chi connectivity index (χ2n) is 7.55. The molecule has 0 bridgehead atoms. The number of hydrogen-bond acceptors (Lipinski definition) is 1. The minimum Gasteiger partial charge on any atom is -0.350 e. The van der Waals surface area contributed by atoms with Crippen molar-refractivity contribution in [1.29, 1.82) is 0 Å². The first-order valence-electron chi connectivity index (χ1n) is 7.66. The molecule has 1 fully saturated rings. The SMILES string of the molecule is CC1CCC(Cn2ccc3c2CC(C)(C)CC3=O)C1. The second kappa shape index (κ2) is 4.50. The van der Waals surface area contributed by atoms with Gasteiger partial charge >= 0.3 is 0 Å². The molecule has 0 saturated heterocycles. The molecule has 0 radical (unpaired) electrons. The van der Waals surface area contributed by atoms with Crippen molar-refractivity contribution in [3.63, 3.8) is 0 Å². The van der Waals surface area contributed by atoms with Crippen LogP contribution >= 0.6 is 0 Å². The van der Waals surface area contributed by atoms with Crippen molar-refractivity contribution in [3.05, 3.63) is 23.5 Å². The van der Waals surface area contributed by atoms with Crippen LogP contribution in [0.2, 0.25) is 0 Å². The molecule has 0 aromatic carbocycles. The van der Waals surface area contributed by atoms with E-state index in [-0.39, 0.29) is 5.41 Å². The molecular formula is C17H25NO. The molecule has 1 aromatic heterocycles. The number of carbonyl (C=O) groups is 1. The molecule has 1 saturated carbocycles. The van der Waals surface area contributed by atoms with Crippen LogP contribution < -0.4 is 0 Å². The highest BCUT2D eigenvalue weighted by atomic mass is 16.1. The van der Waals surface area contributed by atoms with Crippen LogP contribution in [0.4, 0.5) is 0 Å². The largest absolute Gasteiger partial charge is 0.350 e. The number of ketones is 1. The Morgan fingerprint density at radius 1 is 1.32 bits per heavy atom. The van der Waals surface area contributed by atoms with Crippen LogP contribution in [-0.2, 0) is 13.0 Å². The Bertz CT molecular complexity index is 497. The third-order valence-electron chi connectivity index (χ3n) is 4.92.